The number of amides is 1. The minimum Gasteiger partial charge on any atom is -0.356 e. The number of carbonyl (C=O) groups excluding carboxylic acids is 1. The van der Waals surface area contributed by atoms with Crippen LogP contribution in [0.25, 0.3) is 0 Å². The van der Waals surface area contributed by atoms with Crippen molar-refractivity contribution in [2.45, 2.75) is 38.1 Å². The van der Waals surface area contributed by atoms with E-state index < -0.39 is 0 Å². The summed E-state index contributed by atoms with van der Waals surface area (Å²) in [5.41, 5.74) is 1.41. The van der Waals surface area contributed by atoms with Crippen molar-refractivity contribution in [3.63, 3.8) is 0 Å². The van der Waals surface area contributed by atoms with Crippen LogP contribution in [0.4, 0.5) is 0 Å². The zero-order valence-electron chi connectivity index (χ0n) is 16.1. The smallest absolute Gasteiger partial charge is 0.223 e. The highest BCUT2D eigenvalue weighted by Gasteiger charge is 2.42. The molecular formula is C22H33N3O. The third-order valence-corrected chi connectivity index (χ3v) is 6.87. The van der Waals surface area contributed by atoms with Crippen LogP contribution < -0.4 is 5.32 Å². The van der Waals surface area contributed by atoms with E-state index in [0.717, 1.165) is 51.5 Å². The number of hydrogen-bond donors (Lipinski definition) is 1. The molecule has 142 valence electrons. The van der Waals surface area contributed by atoms with Crippen molar-refractivity contribution in [1.82, 2.24) is 15.1 Å². The maximum atomic E-state index is 12.5. The van der Waals surface area contributed by atoms with E-state index in [2.05, 4.69) is 52.5 Å². The molecule has 0 aromatic heterocycles. The van der Waals surface area contributed by atoms with E-state index in [1.54, 1.807) is 0 Å². The molecule has 2 bridgehead atoms. The Hall–Kier alpha value is -1.39. The first-order chi connectivity index (χ1) is 12.7. The molecule has 1 saturated heterocycles. The number of piperazine rings is 1. The van der Waals surface area contributed by atoms with E-state index >= 15 is 0 Å². The van der Waals surface area contributed by atoms with Crippen LogP contribution in [-0.4, -0.2) is 55.5 Å². The fourth-order valence-electron chi connectivity index (χ4n) is 5.41. The van der Waals surface area contributed by atoms with Crippen LogP contribution in [0, 0.1) is 17.8 Å². The number of rotatable bonds is 6. The van der Waals surface area contributed by atoms with Gasteiger partial charge in [-0.25, -0.2) is 0 Å². The van der Waals surface area contributed by atoms with E-state index in [1.165, 1.54) is 24.8 Å². The molecule has 1 aromatic carbocycles. The molecule has 2 saturated carbocycles. The standard InChI is InChI=1S/C22H33N3O/c1-24-12-13-25(21(16-24)18-6-3-2-4-7-18)11-5-10-23-22(26)20-15-17-8-9-19(20)14-17/h2-4,6-7,17,19-21H,5,8-16H2,1H3,(H,23,26). The van der Waals surface area contributed by atoms with Gasteiger partial charge in [0.1, 0.15) is 0 Å². The van der Waals surface area contributed by atoms with Crippen LogP contribution in [-0.2, 0) is 4.79 Å². The van der Waals surface area contributed by atoms with Gasteiger partial charge in [0, 0.05) is 44.7 Å². The predicted molar refractivity (Wildman–Crippen MR) is 105 cm³/mol. The Morgan fingerprint density at radius 3 is 2.73 bits per heavy atom. The molecule has 26 heavy (non-hydrogen) atoms. The Morgan fingerprint density at radius 2 is 2.00 bits per heavy atom. The van der Waals surface area contributed by atoms with Crippen LogP contribution in [0.3, 0.4) is 0 Å². The molecule has 3 fully saturated rings. The van der Waals surface area contributed by atoms with Crippen molar-refractivity contribution in [1.29, 1.82) is 0 Å². The van der Waals surface area contributed by atoms with E-state index in [9.17, 15) is 4.79 Å². The molecular weight excluding hydrogens is 322 g/mol. The Bertz CT molecular complexity index is 605. The third kappa shape index (κ3) is 3.96. The average Bonchev–Trinajstić information content (AvgIpc) is 3.30. The first-order valence-corrected chi connectivity index (χ1v) is 10.5. The summed E-state index contributed by atoms with van der Waals surface area (Å²) in [6, 6.07) is 11.3. The highest BCUT2D eigenvalue weighted by Crippen LogP contribution is 2.48. The van der Waals surface area contributed by atoms with Crippen molar-refractivity contribution >= 4 is 5.91 Å². The number of likely N-dealkylation sites (N-methyl/N-ethyl adjacent to an activating group) is 1. The molecule has 4 atom stereocenters. The minimum atomic E-state index is 0.314. The molecule has 4 unspecified atom stereocenters. The summed E-state index contributed by atoms with van der Waals surface area (Å²) < 4.78 is 0. The molecule has 2 aliphatic carbocycles. The van der Waals surface area contributed by atoms with E-state index in [0.29, 0.717) is 23.8 Å². The van der Waals surface area contributed by atoms with Gasteiger partial charge in [0.05, 0.1) is 0 Å². The quantitative estimate of drug-likeness (QED) is 0.797. The number of nitrogens with zero attached hydrogens (tertiary/aromatic N) is 2. The Labute approximate surface area is 157 Å². The second kappa shape index (κ2) is 8.10. The average molecular weight is 356 g/mol. The predicted octanol–water partition coefficient (Wildman–Crippen LogP) is 2.92. The molecule has 1 heterocycles. The second-order valence-electron chi connectivity index (χ2n) is 8.65. The van der Waals surface area contributed by atoms with Crippen molar-refractivity contribution in [2.24, 2.45) is 17.8 Å². The highest BCUT2D eigenvalue weighted by molar-refractivity contribution is 5.79. The molecule has 1 amide bonds. The minimum absolute atomic E-state index is 0.314. The Kier molecular flexibility index (Phi) is 5.60. The van der Waals surface area contributed by atoms with E-state index in [4.69, 9.17) is 0 Å². The summed E-state index contributed by atoms with van der Waals surface area (Å²) in [5, 5.41) is 3.24. The molecule has 1 aromatic rings. The highest BCUT2D eigenvalue weighted by atomic mass is 16.1. The van der Waals surface area contributed by atoms with Crippen LogP contribution >= 0.6 is 0 Å². The van der Waals surface area contributed by atoms with Crippen LogP contribution in [0.5, 0.6) is 0 Å². The van der Waals surface area contributed by atoms with Gasteiger partial charge in [0.2, 0.25) is 5.91 Å². The summed E-state index contributed by atoms with van der Waals surface area (Å²) >= 11 is 0. The summed E-state index contributed by atoms with van der Waals surface area (Å²) in [7, 11) is 2.21. The number of fused-ring (bicyclic) bond motifs is 2. The summed E-state index contributed by atoms with van der Waals surface area (Å²) in [4.78, 5) is 17.5. The second-order valence-corrected chi connectivity index (χ2v) is 8.65. The Morgan fingerprint density at radius 1 is 1.15 bits per heavy atom. The van der Waals surface area contributed by atoms with Crippen molar-refractivity contribution in [3.8, 4) is 0 Å². The number of hydrogen-bond acceptors (Lipinski definition) is 3. The van der Waals surface area contributed by atoms with Crippen molar-refractivity contribution in [3.05, 3.63) is 35.9 Å². The van der Waals surface area contributed by atoms with Gasteiger partial charge in [-0.2, -0.15) is 0 Å². The SMILES string of the molecule is CN1CCN(CCCNC(=O)C2CC3CCC2C3)C(c2ccccc2)C1. The lowest BCUT2D eigenvalue weighted by Crippen LogP contribution is -2.47. The van der Waals surface area contributed by atoms with Crippen molar-refractivity contribution < 1.29 is 4.79 Å². The van der Waals surface area contributed by atoms with Gasteiger partial charge < -0.3 is 10.2 Å². The zero-order chi connectivity index (χ0) is 17.9. The van der Waals surface area contributed by atoms with Gasteiger partial charge in [-0.05, 0) is 50.1 Å². The molecule has 4 nitrogen and oxygen atoms in total. The van der Waals surface area contributed by atoms with Gasteiger partial charge in [0.15, 0.2) is 0 Å². The fourth-order valence-corrected chi connectivity index (χ4v) is 5.41. The first-order valence-electron chi connectivity index (χ1n) is 10.5. The normalized spacial score (nSPS) is 32.0. The lowest BCUT2D eigenvalue weighted by Gasteiger charge is -2.40. The maximum Gasteiger partial charge on any atom is 0.223 e. The monoisotopic (exact) mass is 355 g/mol. The lowest BCUT2D eigenvalue weighted by atomic mass is 9.88. The molecule has 1 aliphatic heterocycles. The van der Waals surface area contributed by atoms with E-state index in [1.807, 2.05) is 0 Å². The summed E-state index contributed by atoms with van der Waals surface area (Å²) in [6.45, 7) is 5.20. The molecule has 0 radical (unpaired) electrons. The summed E-state index contributed by atoms with van der Waals surface area (Å²) in [6.07, 6.45) is 6.13. The molecule has 1 N–H and O–H groups in total. The largest absolute Gasteiger partial charge is 0.356 e. The fraction of sp³-hybridized carbons (Fsp3) is 0.682. The van der Waals surface area contributed by atoms with Gasteiger partial charge in [0.25, 0.3) is 0 Å². The Balaban J connectivity index is 1.24. The zero-order valence-corrected chi connectivity index (χ0v) is 16.1. The summed E-state index contributed by atoms with van der Waals surface area (Å²) in [5.74, 6) is 2.16. The van der Waals surface area contributed by atoms with E-state index in [-0.39, 0.29) is 0 Å². The molecule has 0 spiro atoms. The number of nitrogens with one attached hydrogen (secondary N) is 1. The topological polar surface area (TPSA) is 35.6 Å². The van der Waals surface area contributed by atoms with Crippen LogP contribution in [0.15, 0.2) is 30.3 Å². The van der Waals surface area contributed by atoms with Crippen LogP contribution in [0.2, 0.25) is 0 Å². The molecule has 3 aliphatic rings. The van der Waals surface area contributed by atoms with Crippen molar-refractivity contribution in [2.75, 3.05) is 39.8 Å². The van der Waals surface area contributed by atoms with Gasteiger partial charge >= 0.3 is 0 Å². The van der Waals surface area contributed by atoms with Crippen LogP contribution in [0.1, 0.15) is 43.7 Å². The van der Waals surface area contributed by atoms with Gasteiger partial charge in [-0.15, -0.1) is 0 Å². The maximum absolute atomic E-state index is 12.5. The molecule has 4 heteroatoms. The lowest BCUT2D eigenvalue weighted by molar-refractivity contribution is -0.126. The van der Waals surface area contributed by atoms with Gasteiger partial charge in [-0.1, -0.05) is 36.8 Å². The number of benzene rings is 1. The van der Waals surface area contributed by atoms with Gasteiger partial charge in [-0.3, -0.25) is 9.69 Å². The molecule has 4 rings (SSSR count). The number of carbonyl (C=O) groups is 1. The third-order valence-electron chi connectivity index (χ3n) is 6.87. The first kappa shape index (κ1) is 18.0.